The van der Waals surface area contributed by atoms with E-state index >= 15 is 0 Å². The number of hydrogen-bond donors (Lipinski definition) is 1. The molecule has 370 valence electrons. The van der Waals surface area contributed by atoms with Crippen molar-refractivity contribution in [1.82, 2.24) is 24.2 Å². The molecule has 1 fully saturated rings. The average molecular weight is 988 g/mol. The van der Waals surface area contributed by atoms with E-state index in [0.29, 0.717) is 28.2 Å². The largest absolute Gasteiger partial charge is 0.497 e. The number of anilines is 1. The molecule has 70 heavy (non-hydrogen) atoms. The number of aromatic nitrogens is 4. The van der Waals surface area contributed by atoms with Gasteiger partial charge in [-0.3, -0.25) is 9.36 Å². The normalized spacial score (nSPS) is 18.1. The molecule has 0 spiro atoms. The van der Waals surface area contributed by atoms with Crippen molar-refractivity contribution in [3.8, 4) is 17.6 Å². The fourth-order valence-electron chi connectivity index (χ4n) is 8.42. The predicted molar refractivity (Wildman–Crippen MR) is 274 cm³/mol. The number of amides is 1. The zero-order valence-corrected chi connectivity index (χ0v) is 43.9. The number of carbonyl (C=O) groups is 1. The van der Waals surface area contributed by atoms with Gasteiger partial charge in [0, 0.05) is 17.6 Å². The molecular weight excluding hydrogens is 922 g/mol. The van der Waals surface area contributed by atoms with E-state index in [1.54, 1.807) is 44.8 Å². The van der Waals surface area contributed by atoms with Crippen LogP contribution in [0.15, 0.2) is 122 Å². The van der Waals surface area contributed by atoms with Gasteiger partial charge in [-0.15, -0.1) is 0 Å². The van der Waals surface area contributed by atoms with Gasteiger partial charge in [0.25, 0.3) is 14.4 Å². The van der Waals surface area contributed by atoms with E-state index in [2.05, 4.69) is 94.7 Å². The molecule has 15 nitrogen and oxygen atoms in total. The lowest BCUT2D eigenvalue weighted by molar-refractivity contribution is -0.0928. The van der Waals surface area contributed by atoms with Crippen molar-refractivity contribution in [1.29, 1.82) is 5.26 Å². The second-order valence-electron chi connectivity index (χ2n) is 19.2. The lowest BCUT2D eigenvalue weighted by Gasteiger charge is -2.43. The third kappa shape index (κ3) is 11.3. The maximum absolute atomic E-state index is 13.5. The van der Waals surface area contributed by atoms with Crippen molar-refractivity contribution in [3.05, 3.63) is 144 Å². The van der Waals surface area contributed by atoms with E-state index in [0.717, 1.165) is 16.7 Å². The first kappa shape index (κ1) is 52.2. The molecule has 4 aromatic carbocycles. The Morgan fingerprint density at radius 3 is 1.94 bits per heavy atom. The van der Waals surface area contributed by atoms with Gasteiger partial charge in [-0.25, -0.2) is 19.6 Å². The summed E-state index contributed by atoms with van der Waals surface area (Å²) in [5.41, 5.74) is 2.64. The first-order chi connectivity index (χ1) is 33.5. The summed E-state index contributed by atoms with van der Waals surface area (Å²) >= 11 is 0. The zero-order chi connectivity index (χ0) is 50.2. The topological polar surface area (TPSA) is 164 Å². The number of carbonyl (C=O) groups excluding carboxylic acids is 1. The van der Waals surface area contributed by atoms with Crippen molar-refractivity contribution in [2.24, 2.45) is 0 Å². The molecule has 1 unspecified atom stereocenters. The minimum Gasteiger partial charge on any atom is -0.497 e. The highest BCUT2D eigenvalue weighted by molar-refractivity contribution is 7.44. The molecule has 1 saturated heterocycles. The molecule has 0 aliphatic carbocycles. The summed E-state index contributed by atoms with van der Waals surface area (Å²) in [5, 5.41) is 12.4. The summed E-state index contributed by atoms with van der Waals surface area (Å²) in [6.07, 6.45) is -0.0636. The first-order valence-corrected chi connectivity index (χ1v) is 27.7. The number of fused-ring (bicyclic) bond motifs is 1. The van der Waals surface area contributed by atoms with Crippen molar-refractivity contribution in [2.45, 2.75) is 115 Å². The highest BCUT2D eigenvalue weighted by Gasteiger charge is 2.54. The third-order valence-electron chi connectivity index (χ3n) is 12.9. The van der Waals surface area contributed by atoms with Crippen LogP contribution in [0, 0.1) is 11.3 Å². The Balaban J connectivity index is 1.40. The molecule has 7 rings (SSSR count). The van der Waals surface area contributed by atoms with Gasteiger partial charge in [0.1, 0.15) is 41.7 Å². The molecule has 1 amide bonds. The van der Waals surface area contributed by atoms with Crippen molar-refractivity contribution >= 4 is 39.7 Å². The summed E-state index contributed by atoms with van der Waals surface area (Å²) in [5.74, 6) is 1.30. The van der Waals surface area contributed by atoms with Gasteiger partial charge in [-0.1, -0.05) is 93.6 Å². The second-order valence-corrected chi connectivity index (χ2v) is 25.4. The number of methoxy groups -OCH3 is 2. The van der Waals surface area contributed by atoms with Crippen molar-refractivity contribution < 1.29 is 37.2 Å². The maximum Gasteiger partial charge on any atom is 0.259 e. The molecule has 17 heteroatoms. The molecule has 2 aromatic heterocycles. The molecule has 6 aromatic rings. The highest BCUT2D eigenvalue weighted by Crippen LogP contribution is 2.53. The Labute approximate surface area is 414 Å². The van der Waals surface area contributed by atoms with Crippen LogP contribution in [0.25, 0.3) is 11.2 Å². The Hall–Kier alpha value is -5.60. The van der Waals surface area contributed by atoms with Gasteiger partial charge in [0.2, 0.25) is 0 Å². The fraction of sp³-hybridized carbons (Fsp3) is 0.415. The summed E-state index contributed by atoms with van der Waals surface area (Å²) < 4.78 is 51.7. The van der Waals surface area contributed by atoms with Crippen LogP contribution in [-0.4, -0.2) is 96.2 Å². The van der Waals surface area contributed by atoms with Crippen LogP contribution in [0.4, 0.5) is 5.82 Å². The lowest BCUT2D eigenvalue weighted by Crippen LogP contribution is -2.51. The number of imidazole rings is 1. The Morgan fingerprint density at radius 2 is 1.40 bits per heavy atom. The van der Waals surface area contributed by atoms with Crippen LogP contribution in [0.5, 0.6) is 11.5 Å². The van der Waals surface area contributed by atoms with Gasteiger partial charge >= 0.3 is 0 Å². The van der Waals surface area contributed by atoms with E-state index in [-0.39, 0.29) is 48.5 Å². The fourth-order valence-corrected chi connectivity index (χ4v) is 11.5. The predicted octanol–water partition coefficient (Wildman–Crippen LogP) is 11.1. The van der Waals surface area contributed by atoms with Crippen LogP contribution >= 0.6 is 8.53 Å². The van der Waals surface area contributed by atoms with E-state index < -0.39 is 47.0 Å². The number of benzene rings is 4. The Bertz CT molecular complexity index is 2620. The van der Waals surface area contributed by atoms with E-state index in [1.165, 1.54) is 6.33 Å². The Morgan fingerprint density at radius 1 is 0.829 bits per heavy atom. The molecule has 0 radical (unpaired) electrons. The summed E-state index contributed by atoms with van der Waals surface area (Å²) in [6, 6.07) is 37.1. The third-order valence-corrected chi connectivity index (χ3v) is 19.5. The number of ether oxygens (including phenoxy) is 4. The van der Waals surface area contributed by atoms with Crippen molar-refractivity contribution in [3.63, 3.8) is 0 Å². The number of rotatable bonds is 21. The molecule has 1 aliphatic rings. The smallest absolute Gasteiger partial charge is 0.259 e. The van der Waals surface area contributed by atoms with Gasteiger partial charge in [0.15, 0.2) is 31.5 Å². The zero-order valence-electron chi connectivity index (χ0n) is 42.0. The molecule has 0 bridgehead atoms. The minimum atomic E-state index is -2.65. The van der Waals surface area contributed by atoms with E-state index in [4.69, 9.17) is 42.4 Å². The van der Waals surface area contributed by atoms with Crippen molar-refractivity contribution in [2.75, 3.05) is 32.8 Å². The summed E-state index contributed by atoms with van der Waals surface area (Å²) in [7, 11) is -1.19. The van der Waals surface area contributed by atoms with E-state index in [9.17, 15) is 10.1 Å². The molecule has 3 heterocycles. The molecule has 1 aliphatic heterocycles. The Kier molecular flexibility index (Phi) is 16.9. The molecule has 5 atom stereocenters. The number of hydrogen-bond acceptors (Lipinski definition) is 13. The van der Waals surface area contributed by atoms with Gasteiger partial charge in [-0.05, 0) is 98.9 Å². The lowest BCUT2D eigenvalue weighted by atomic mass is 9.80. The average Bonchev–Trinajstić information content (AvgIpc) is 3.93. The first-order valence-electron chi connectivity index (χ1n) is 23.6. The maximum atomic E-state index is 13.5. The highest BCUT2D eigenvalue weighted by atomic mass is 31.2. The van der Waals surface area contributed by atoms with Crippen LogP contribution in [0.2, 0.25) is 18.1 Å². The quantitative estimate of drug-likeness (QED) is 0.0314. The molecular formula is C53H66N7O8PSi. The monoisotopic (exact) mass is 987 g/mol. The SMILES string of the molecule is COc1ccc(C(OC[C@H]2O[C@@H](n3cnc4c(NC(=O)c5ccccc5)ncnc43)[C@H](OP(OCCC#N)N(C(C)C)C(C)C)[C@H]2O[Si](C)(C)C(C)(C)C)(c2ccccc2)c2ccc(OC)cc2)cc1. The number of nitrogens with one attached hydrogen (secondary N) is 1. The number of nitriles is 1. The van der Waals surface area contributed by atoms with Crippen LogP contribution in [0.3, 0.4) is 0 Å². The minimum absolute atomic E-state index is 0.00550. The number of nitrogens with zero attached hydrogens (tertiary/aromatic N) is 6. The van der Waals surface area contributed by atoms with Gasteiger partial charge < -0.3 is 37.7 Å². The van der Waals surface area contributed by atoms with Gasteiger partial charge in [0.05, 0.1) is 46.3 Å². The standard InChI is InChI=1S/C53H66N7O8PSi/c1-36(2)60(37(3)4)69(65-32-18-31-54)67-47-46(68-70(10,11)52(5,6)7)44(66-51(47)59-35-57-45-48(55-34-56-49(45)59)58-50(61)38-19-14-12-15-20-38)33-64-53(39-21-16-13-17-22-39,40-23-27-42(62-8)28-24-40)41-25-29-43(63-9)30-26-41/h12-17,19-30,34-37,44,46-47,51H,18,32-33H2,1-11H3,(H,55,56,58,61)/t44-,46+,47-,51-,69?/m1/s1. The van der Waals surface area contributed by atoms with Gasteiger partial charge in [-0.2, -0.15) is 5.26 Å². The molecule has 1 N–H and O–H groups in total. The van der Waals surface area contributed by atoms with Crippen LogP contribution in [0.1, 0.15) is 88.2 Å². The summed E-state index contributed by atoms with van der Waals surface area (Å²) in [4.78, 5) is 27.5. The van der Waals surface area contributed by atoms with Crippen LogP contribution < -0.4 is 14.8 Å². The van der Waals surface area contributed by atoms with Crippen LogP contribution in [-0.2, 0) is 28.5 Å². The summed E-state index contributed by atoms with van der Waals surface area (Å²) in [6.45, 7) is 19.6. The molecule has 0 saturated carbocycles. The second kappa shape index (κ2) is 22.6. The van der Waals surface area contributed by atoms with E-state index in [1.807, 2.05) is 77.4 Å².